The molecule has 0 saturated carbocycles. The van der Waals surface area contributed by atoms with Crippen molar-refractivity contribution in [2.24, 2.45) is 0 Å². The number of hydrogen-bond acceptors (Lipinski definition) is 1. The van der Waals surface area contributed by atoms with Crippen LogP contribution in [0.25, 0.3) is 0 Å². The second-order valence-electron chi connectivity index (χ2n) is 2.68. The second-order valence-corrected chi connectivity index (χ2v) is 2.68. The van der Waals surface area contributed by atoms with Crippen LogP contribution in [-0.2, 0) is 0 Å². The average molecular weight is 139 g/mol. The molecule has 0 atom stereocenters. The molecule has 0 heterocycles. The van der Waals surface area contributed by atoms with Crippen molar-refractivity contribution >= 4 is 0 Å². The summed E-state index contributed by atoms with van der Waals surface area (Å²) < 4.78 is 0. The Hall–Kier alpha value is -0.720. The molecule has 0 aromatic carbocycles. The molecule has 10 heavy (non-hydrogen) atoms. The molecule has 0 radical (unpaired) electrons. The van der Waals surface area contributed by atoms with Gasteiger partial charge in [-0.2, -0.15) is 0 Å². The number of nitrogens with zero attached hydrogens (tertiary/aromatic N) is 1. The van der Waals surface area contributed by atoms with E-state index in [1.165, 1.54) is 5.57 Å². The summed E-state index contributed by atoms with van der Waals surface area (Å²) in [6.45, 7) is 10.1. The zero-order chi connectivity index (χ0) is 8.15. The zero-order valence-electron chi connectivity index (χ0n) is 7.44. The van der Waals surface area contributed by atoms with E-state index in [2.05, 4.69) is 26.6 Å². The third-order valence-electron chi connectivity index (χ3n) is 1.57. The van der Waals surface area contributed by atoms with Gasteiger partial charge in [0.2, 0.25) is 0 Å². The Bertz CT molecular complexity index is 145. The first kappa shape index (κ1) is 9.28. The summed E-state index contributed by atoms with van der Waals surface area (Å²) in [5.41, 5.74) is 2.46. The summed E-state index contributed by atoms with van der Waals surface area (Å²) >= 11 is 0. The van der Waals surface area contributed by atoms with E-state index in [1.807, 2.05) is 18.9 Å². The molecule has 1 nitrogen and oxygen atoms in total. The first-order chi connectivity index (χ1) is 4.57. The summed E-state index contributed by atoms with van der Waals surface area (Å²) in [6, 6.07) is 0. The summed E-state index contributed by atoms with van der Waals surface area (Å²) in [5.74, 6) is 0. The van der Waals surface area contributed by atoms with Gasteiger partial charge in [-0.25, -0.2) is 0 Å². The number of rotatable bonds is 3. The van der Waals surface area contributed by atoms with Crippen molar-refractivity contribution in [1.82, 2.24) is 4.90 Å². The van der Waals surface area contributed by atoms with E-state index in [0.717, 1.165) is 12.1 Å². The van der Waals surface area contributed by atoms with Crippen LogP contribution in [0.15, 0.2) is 24.0 Å². The fraction of sp³-hybridized carbons (Fsp3) is 0.556. The van der Waals surface area contributed by atoms with Crippen molar-refractivity contribution in [3.63, 3.8) is 0 Å². The van der Waals surface area contributed by atoms with Crippen LogP contribution >= 0.6 is 0 Å². The third-order valence-corrected chi connectivity index (χ3v) is 1.57. The molecule has 0 rings (SSSR count). The minimum atomic E-state index is 1.08. The Balaban J connectivity index is 3.99. The van der Waals surface area contributed by atoms with Crippen LogP contribution in [0.3, 0.4) is 0 Å². The summed E-state index contributed by atoms with van der Waals surface area (Å²) in [4.78, 5) is 2.04. The molecular formula is C9H17N. The van der Waals surface area contributed by atoms with Gasteiger partial charge >= 0.3 is 0 Å². The number of allylic oxidation sites excluding steroid dienone is 2. The lowest BCUT2D eigenvalue weighted by Crippen LogP contribution is -2.06. The zero-order valence-corrected chi connectivity index (χ0v) is 7.44. The molecular weight excluding hydrogens is 122 g/mol. The Morgan fingerprint density at radius 2 is 2.00 bits per heavy atom. The van der Waals surface area contributed by atoms with Gasteiger partial charge in [-0.05, 0) is 20.3 Å². The first-order valence-corrected chi connectivity index (χ1v) is 3.63. The van der Waals surface area contributed by atoms with E-state index in [0.29, 0.717) is 0 Å². The van der Waals surface area contributed by atoms with E-state index in [1.54, 1.807) is 0 Å². The van der Waals surface area contributed by atoms with Gasteiger partial charge in [-0.15, -0.1) is 0 Å². The maximum Gasteiger partial charge on any atom is 0.0108 e. The van der Waals surface area contributed by atoms with Crippen LogP contribution < -0.4 is 0 Å². The van der Waals surface area contributed by atoms with Gasteiger partial charge in [0.15, 0.2) is 0 Å². The number of hydrogen-bond donors (Lipinski definition) is 0. The van der Waals surface area contributed by atoms with E-state index in [4.69, 9.17) is 0 Å². The van der Waals surface area contributed by atoms with Gasteiger partial charge in [-0.3, -0.25) is 0 Å². The molecule has 0 N–H and O–H groups in total. The topological polar surface area (TPSA) is 3.24 Å². The van der Waals surface area contributed by atoms with Crippen LogP contribution in [0.2, 0.25) is 0 Å². The monoisotopic (exact) mass is 139 g/mol. The van der Waals surface area contributed by atoms with Crippen LogP contribution in [0.1, 0.15) is 27.2 Å². The van der Waals surface area contributed by atoms with Crippen molar-refractivity contribution in [2.75, 3.05) is 7.05 Å². The third kappa shape index (κ3) is 3.33. The molecule has 0 aliphatic rings. The molecule has 0 spiro atoms. The maximum atomic E-state index is 3.82. The maximum absolute atomic E-state index is 3.82. The molecule has 0 bridgehead atoms. The highest BCUT2D eigenvalue weighted by atomic mass is 15.1. The van der Waals surface area contributed by atoms with Gasteiger partial charge in [-0.1, -0.05) is 19.1 Å². The van der Waals surface area contributed by atoms with Crippen LogP contribution in [-0.4, -0.2) is 11.9 Å². The predicted molar refractivity (Wildman–Crippen MR) is 46.6 cm³/mol. The Kier molecular flexibility index (Phi) is 3.85. The average Bonchev–Trinajstić information content (AvgIpc) is 1.87. The van der Waals surface area contributed by atoms with Gasteiger partial charge < -0.3 is 4.90 Å². The molecule has 0 unspecified atom stereocenters. The standard InChI is InChI=1S/C9H17N/c1-6-9(4)7-10(5)8(2)3/h7H,2,6H2,1,3-5H3. The second kappa shape index (κ2) is 4.15. The lowest BCUT2D eigenvalue weighted by molar-refractivity contribution is 0.565. The lowest BCUT2D eigenvalue weighted by Gasteiger charge is -2.13. The Labute approximate surface area is 64.0 Å². The molecule has 0 aliphatic heterocycles. The van der Waals surface area contributed by atoms with Crippen molar-refractivity contribution in [3.05, 3.63) is 24.0 Å². The molecule has 0 amide bonds. The first-order valence-electron chi connectivity index (χ1n) is 3.63. The van der Waals surface area contributed by atoms with Crippen molar-refractivity contribution in [3.8, 4) is 0 Å². The van der Waals surface area contributed by atoms with E-state index >= 15 is 0 Å². The highest BCUT2D eigenvalue weighted by Crippen LogP contribution is 2.03. The van der Waals surface area contributed by atoms with Crippen LogP contribution in [0, 0.1) is 0 Å². The normalized spacial score (nSPS) is 11.4. The molecule has 0 saturated heterocycles. The summed E-state index contributed by atoms with van der Waals surface area (Å²) in [6.07, 6.45) is 3.22. The van der Waals surface area contributed by atoms with E-state index in [-0.39, 0.29) is 0 Å². The Morgan fingerprint density at radius 1 is 1.50 bits per heavy atom. The largest absolute Gasteiger partial charge is 0.355 e. The minimum absolute atomic E-state index is 1.08. The van der Waals surface area contributed by atoms with Gasteiger partial charge in [0, 0.05) is 18.9 Å². The van der Waals surface area contributed by atoms with E-state index in [9.17, 15) is 0 Å². The quantitative estimate of drug-likeness (QED) is 0.581. The molecule has 0 aromatic rings. The van der Waals surface area contributed by atoms with Gasteiger partial charge in [0.05, 0.1) is 0 Å². The molecule has 0 aromatic heterocycles. The highest BCUT2D eigenvalue weighted by molar-refractivity contribution is 5.02. The fourth-order valence-corrected chi connectivity index (χ4v) is 0.532. The summed E-state index contributed by atoms with van der Waals surface area (Å²) in [7, 11) is 2.02. The van der Waals surface area contributed by atoms with Gasteiger partial charge in [0.1, 0.15) is 0 Å². The van der Waals surface area contributed by atoms with Crippen molar-refractivity contribution < 1.29 is 0 Å². The molecule has 58 valence electrons. The highest BCUT2D eigenvalue weighted by Gasteiger charge is 1.90. The molecule has 0 fully saturated rings. The van der Waals surface area contributed by atoms with Gasteiger partial charge in [0.25, 0.3) is 0 Å². The van der Waals surface area contributed by atoms with E-state index < -0.39 is 0 Å². The lowest BCUT2D eigenvalue weighted by atomic mass is 10.2. The minimum Gasteiger partial charge on any atom is -0.355 e. The SMILES string of the molecule is C=C(C)N(C)C=C(C)CC. The van der Waals surface area contributed by atoms with Crippen molar-refractivity contribution in [1.29, 1.82) is 0 Å². The van der Waals surface area contributed by atoms with Crippen LogP contribution in [0.4, 0.5) is 0 Å². The smallest absolute Gasteiger partial charge is 0.0108 e. The Morgan fingerprint density at radius 3 is 2.30 bits per heavy atom. The predicted octanol–water partition coefficient (Wildman–Crippen LogP) is 2.77. The molecule has 1 heteroatoms. The molecule has 0 aliphatic carbocycles. The van der Waals surface area contributed by atoms with Crippen molar-refractivity contribution in [2.45, 2.75) is 27.2 Å². The van der Waals surface area contributed by atoms with Crippen LogP contribution in [0.5, 0.6) is 0 Å². The fourth-order valence-electron chi connectivity index (χ4n) is 0.532. The summed E-state index contributed by atoms with van der Waals surface area (Å²) in [5, 5.41) is 0.